The van der Waals surface area contributed by atoms with E-state index in [1.165, 1.54) is 12.6 Å². The van der Waals surface area contributed by atoms with Crippen LogP contribution in [0.1, 0.15) is 141 Å². The summed E-state index contributed by atoms with van der Waals surface area (Å²) in [5, 5.41) is 28.1. The summed E-state index contributed by atoms with van der Waals surface area (Å²) < 4.78 is 14.9. The topological polar surface area (TPSA) is 148 Å². The maximum absolute atomic E-state index is 15.1. The Labute approximate surface area is 325 Å². The van der Waals surface area contributed by atoms with Gasteiger partial charge in [-0.05, 0) is 89.6 Å². The molecule has 0 spiro atoms. The molecule has 2 aliphatic heterocycles. The molecule has 12 nitrogen and oxygen atoms in total. The molecule has 13 heteroatoms. The van der Waals surface area contributed by atoms with Crippen LogP contribution in [0.4, 0.5) is 0 Å². The van der Waals surface area contributed by atoms with Crippen molar-refractivity contribution in [2.75, 3.05) is 6.54 Å². The first kappa shape index (κ1) is 39.4. The molecule has 0 radical (unpaired) electrons. The molecule has 4 aliphatic rings. The first-order chi connectivity index (χ1) is 26.1. The van der Waals surface area contributed by atoms with E-state index in [9.17, 15) is 14.7 Å². The molecule has 4 fully saturated rings. The molecule has 3 N–H and O–H groups in total. The minimum Gasteiger partial charge on any atom is -0.402 e. The van der Waals surface area contributed by atoms with Crippen molar-refractivity contribution in [3.8, 4) is 0 Å². The number of hydrogen-bond donors (Lipinski definition) is 3. The van der Waals surface area contributed by atoms with Crippen molar-refractivity contribution in [3.63, 3.8) is 0 Å². The van der Waals surface area contributed by atoms with Gasteiger partial charge in [0, 0.05) is 18.5 Å². The van der Waals surface area contributed by atoms with Gasteiger partial charge in [0.1, 0.15) is 17.7 Å². The number of aromatic nitrogens is 3. The number of nitrogens with zero attached hydrogens (tertiary/aromatic N) is 4. The van der Waals surface area contributed by atoms with Crippen molar-refractivity contribution in [1.82, 2.24) is 30.5 Å². The fourth-order valence-electron chi connectivity index (χ4n) is 9.18. The smallest absolute Gasteiger partial charge is 0.402 e. The number of hydrogen-bond acceptors (Lipinski definition) is 8. The Kier molecular flexibility index (Phi) is 10.9. The third kappa shape index (κ3) is 8.07. The normalized spacial score (nSPS) is 24.5. The maximum Gasteiger partial charge on any atom is 0.485 e. The summed E-state index contributed by atoms with van der Waals surface area (Å²) in [7, 11) is -0.652. The largest absolute Gasteiger partial charge is 0.485 e. The molecular weight excluding hydrogens is 695 g/mol. The second kappa shape index (κ2) is 15.3. The molecule has 1 aromatic heterocycles. The number of rotatable bonds is 10. The number of fused-ring (bicyclic) bond motifs is 1. The third-order valence-electron chi connectivity index (χ3n) is 13.1. The highest BCUT2D eigenvalue weighted by molar-refractivity contribution is 6.50. The summed E-state index contributed by atoms with van der Waals surface area (Å²) >= 11 is 0. The van der Waals surface area contributed by atoms with Gasteiger partial charge < -0.3 is 29.9 Å². The highest BCUT2D eigenvalue weighted by Crippen LogP contribution is 2.44. The Morgan fingerprint density at radius 3 is 2.27 bits per heavy atom. The zero-order chi connectivity index (χ0) is 39.2. The Morgan fingerprint density at radius 2 is 1.60 bits per heavy atom. The van der Waals surface area contributed by atoms with E-state index in [1.807, 2.05) is 64.1 Å². The predicted molar refractivity (Wildman–Crippen MR) is 211 cm³/mol. The van der Waals surface area contributed by atoms with E-state index in [1.54, 1.807) is 29.5 Å². The molecule has 2 aromatic carbocycles. The Morgan fingerprint density at radius 1 is 0.945 bits per heavy atom. The van der Waals surface area contributed by atoms with Crippen LogP contribution in [-0.4, -0.2) is 85.1 Å². The van der Waals surface area contributed by atoms with Crippen LogP contribution in [0.5, 0.6) is 0 Å². The van der Waals surface area contributed by atoms with Crippen molar-refractivity contribution in [1.29, 1.82) is 0 Å². The first-order valence-corrected chi connectivity index (χ1v) is 20.5. The summed E-state index contributed by atoms with van der Waals surface area (Å²) in [6.07, 6.45) is 11.9. The zero-order valence-electron chi connectivity index (χ0n) is 33.5. The van der Waals surface area contributed by atoms with Crippen LogP contribution in [0.15, 0.2) is 48.7 Å². The van der Waals surface area contributed by atoms with E-state index in [-0.39, 0.29) is 36.6 Å². The summed E-state index contributed by atoms with van der Waals surface area (Å²) in [6, 6.07) is 11.3. The molecular formula is C42H59BN6O6. The average Bonchev–Trinajstić information content (AvgIpc) is 3.88. The van der Waals surface area contributed by atoms with E-state index < -0.39 is 47.5 Å². The third-order valence-corrected chi connectivity index (χ3v) is 13.1. The second-order valence-electron chi connectivity index (χ2n) is 18.1. The monoisotopic (exact) mass is 754 g/mol. The quantitative estimate of drug-likeness (QED) is 0.213. The zero-order valence-corrected chi connectivity index (χ0v) is 33.5. The minimum absolute atomic E-state index is 0.167. The molecule has 0 bridgehead atoms. The summed E-state index contributed by atoms with van der Waals surface area (Å²) in [6.45, 7) is 11.6. The van der Waals surface area contributed by atoms with Gasteiger partial charge >= 0.3 is 7.12 Å². The number of amides is 3. The summed E-state index contributed by atoms with van der Waals surface area (Å²) in [5.41, 5.74) is -2.21. The SMILES string of the molecule is CC(C)(O)c1cnnn1[C@H]1C[C@@H](C(=O)NC2(B3OC(C)(C)C(C)(C)O3)CCCCC2)N(C(=O)C(CC2CCCCC2)NC(=O)c2ccc3ccccc3c2)C1. The van der Waals surface area contributed by atoms with E-state index >= 15 is 4.79 Å². The van der Waals surface area contributed by atoms with Gasteiger partial charge in [-0.1, -0.05) is 86.9 Å². The van der Waals surface area contributed by atoms with Gasteiger partial charge in [0.25, 0.3) is 5.91 Å². The predicted octanol–water partition coefficient (Wildman–Crippen LogP) is 6.02. The van der Waals surface area contributed by atoms with E-state index in [0.717, 1.165) is 55.7 Å². The van der Waals surface area contributed by atoms with E-state index in [0.29, 0.717) is 30.5 Å². The highest BCUT2D eigenvalue weighted by Gasteiger charge is 2.61. The Hall–Kier alpha value is -3.81. The molecule has 3 amide bonds. The second-order valence-corrected chi connectivity index (χ2v) is 18.1. The number of benzene rings is 2. The lowest BCUT2D eigenvalue weighted by molar-refractivity contribution is -0.141. The molecule has 2 aliphatic carbocycles. The van der Waals surface area contributed by atoms with Gasteiger partial charge in [-0.2, -0.15) is 0 Å². The fourth-order valence-corrected chi connectivity index (χ4v) is 9.18. The van der Waals surface area contributed by atoms with Crippen molar-refractivity contribution in [2.45, 2.75) is 159 Å². The highest BCUT2D eigenvalue weighted by atomic mass is 16.7. The van der Waals surface area contributed by atoms with Crippen molar-refractivity contribution < 1.29 is 28.8 Å². The average molecular weight is 755 g/mol. The van der Waals surface area contributed by atoms with Crippen molar-refractivity contribution in [2.24, 2.45) is 5.92 Å². The van der Waals surface area contributed by atoms with Crippen LogP contribution in [0, 0.1) is 5.92 Å². The molecule has 3 aromatic rings. The van der Waals surface area contributed by atoms with Gasteiger partial charge in [0.2, 0.25) is 11.8 Å². The van der Waals surface area contributed by atoms with Gasteiger partial charge in [-0.15, -0.1) is 5.10 Å². The van der Waals surface area contributed by atoms with E-state index in [2.05, 4.69) is 20.9 Å². The maximum atomic E-state index is 15.1. The van der Waals surface area contributed by atoms with Crippen LogP contribution in [0.2, 0.25) is 0 Å². The first-order valence-electron chi connectivity index (χ1n) is 20.5. The van der Waals surface area contributed by atoms with Gasteiger partial charge in [-0.3, -0.25) is 14.4 Å². The summed E-state index contributed by atoms with van der Waals surface area (Å²) in [4.78, 5) is 45.6. The lowest BCUT2D eigenvalue weighted by Gasteiger charge is -2.41. The lowest BCUT2D eigenvalue weighted by atomic mass is 9.57. The fraction of sp³-hybridized carbons (Fsp3) is 0.643. The number of nitrogens with one attached hydrogen (secondary N) is 2. The molecule has 3 heterocycles. The van der Waals surface area contributed by atoms with Gasteiger partial charge in [-0.25, -0.2) is 4.68 Å². The molecule has 2 saturated heterocycles. The molecule has 55 heavy (non-hydrogen) atoms. The Bertz CT molecular complexity index is 1860. The van der Waals surface area contributed by atoms with E-state index in [4.69, 9.17) is 9.31 Å². The van der Waals surface area contributed by atoms with Crippen LogP contribution < -0.4 is 10.6 Å². The molecule has 1 unspecified atom stereocenters. The summed E-state index contributed by atoms with van der Waals surface area (Å²) in [5.74, 6) is -0.620. The number of carbonyl (C=O) groups excluding carboxylic acids is 3. The van der Waals surface area contributed by atoms with Crippen molar-refractivity contribution in [3.05, 3.63) is 59.9 Å². The molecule has 3 atom stereocenters. The lowest BCUT2D eigenvalue weighted by Crippen LogP contribution is -2.64. The minimum atomic E-state index is -1.25. The molecule has 2 saturated carbocycles. The van der Waals surface area contributed by atoms with Crippen LogP contribution in [-0.2, 0) is 24.5 Å². The van der Waals surface area contributed by atoms with Crippen LogP contribution >= 0.6 is 0 Å². The number of carbonyl (C=O) groups is 3. The number of likely N-dealkylation sites (tertiary alicyclic amines) is 1. The van der Waals surface area contributed by atoms with Crippen LogP contribution in [0.25, 0.3) is 10.8 Å². The molecule has 296 valence electrons. The van der Waals surface area contributed by atoms with Crippen LogP contribution in [0.3, 0.4) is 0 Å². The standard InChI is InChI=1S/C42H59BN6O6/c1-39(2,53)35-26-44-47-49(35)32-25-34(37(51)46-42(21-13-8-14-22-42)43-54-40(3,4)41(5,6)55-43)48(27-32)38(52)33(23-28-15-9-7-10-16-28)45-36(50)31-20-19-29-17-11-12-18-30(29)24-31/h11-12,17-20,24,26,28,32-34,53H,7-10,13-16,21-23,25,27H2,1-6H3,(H,45,50)(H,46,51)/t32-,33?,34-/m0/s1. The Balaban J connectivity index is 1.21. The van der Waals surface area contributed by atoms with Gasteiger partial charge in [0.15, 0.2) is 0 Å². The van der Waals surface area contributed by atoms with Gasteiger partial charge in [0.05, 0.1) is 34.6 Å². The molecule has 7 rings (SSSR count). The number of aliphatic hydroxyl groups is 1. The van der Waals surface area contributed by atoms with Crippen molar-refractivity contribution >= 4 is 35.6 Å².